The van der Waals surface area contributed by atoms with Gasteiger partial charge < -0.3 is 83.8 Å². The van der Waals surface area contributed by atoms with Crippen molar-refractivity contribution >= 4 is 100 Å². The number of amidine groups is 1. The van der Waals surface area contributed by atoms with E-state index in [0.717, 1.165) is 58.2 Å². The summed E-state index contributed by atoms with van der Waals surface area (Å²) in [7, 11) is 0. The zero-order valence-electron chi connectivity index (χ0n) is 71.3. The van der Waals surface area contributed by atoms with Gasteiger partial charge in [0.25, 0.3) is 0 Å². The van der Waals surface area contributed by atoms with Gasteiger partial charge in [-0.1, -0.05) is 41.5 Å². The number of amides is 16. The summed E-state index contributed by atoms with van der Waals surface area (Å²) < 4.78 is 2.43. The molecule has 0 aromatic carbocycles. The van der Waals surface area contributed by atoms with Crippen LogP contribution in [0.5, 0.6) is 0 Å². The second-order valence-electron chi connectivity index (χ2n) is 36.5. The monoisotopic (exact) mass is 1600 g/mol. The summed E-state index contributed by atoms with van der Waals surface area (Å²) in [5.41, 5.74) is -10.8. The van der Waals surface area contributed by atoms with Crippen LogP contribution in [0.4, 0.5) is 0 Å². The van der Waals surface area contributed by atoms with E-state index in [1.807, 2.05) is 27.7 Å². The summed E-state index contributed by atoms with van der Waals surface area (Å²) in [4.78, 5) is 227. The third-order valence-electron chi connectivity index (χ3n) is 22.0. The Labute approximate surface area is 672 Å². The Kier molecular flexibility index (Phi) is 32.6. The fraction of sp³-hybridized carbons (Fsp3) is 0.787. The van der Waals surface area contributed by atoms with Crippen molar-refractivity contribution in [1.29, 1.82) is 0 Å². The number of hydrogen-bond donors (Lipinski definition) is 13. The molecule has 16 amide bonds. The summed E-state index contributed by atoms with van der Waals surface area (Å²) in [5.74, 6) is -8.20. The molecule has 6 rings (SSSR count). The van der Waals surface area contributed by atoms with Gasteiger partial charge >= 0.3 is 0 Å². The summed E-state index contributed by atoms with van der Waals surface area (Å²) in [6.07, 6.45) is 9.14. The Morgan fingerprint density at radius 3 is 1.39 bits per heavy atom. The Hall–Kier alpha value is -9.01. The standard InChI is InChI=1S/C80H134N18O16/c1-48(2)42-52(47-95-38-27-37-94-36-26-31-61(94)95)84-68(109)75(10,11)88-63(104)54(44-50(5)6)85-59(101)45-83-67(108)74(8,9)89-65(106)56-29-22-25-41-98(56)73(114)79(18,19)93-71(112)80(33-34-80)87-60(102)46-82-58(100)32-35-81-62(103)53(43-49(3)4)86-69(110)76(12,13)92-70(111)77(14,15)90-66(107)57-30-21-24-40-97(57)72(113)78(16,17)91-64(105)55-28-20-23-39-96(55)51(7)99/h48-50,52-57H,20-47H2,1-19H3,(H12-,81,82,83,84,85,86,87,88,89,90,91,92,93,100,101,102,103,104,105,106,107,108,109,110,111,112)/p+1/t52-,53-,54-,55-,56-,57-/m0/s1. The van der Waals surface area contributed by atoms with E-state index in [0.29, 0.717) is 51.1 Å². The molecule has 34 heteroatoms. The van der Waals surface area contributed by atoms with Gasteiger partial charge in [0.15, 0.2) is 0 Å². The van der Waals surface area contributed by atoms with E-state index >= 15 is 0 Å². The van der Waals surface area contributed by atoms with Crippen molar-refractivity contribution in [2.45, 2.75) is 322 Å². The second-order valence-corrected chi connectivity index (χ2v) is 36.5. The summed E-state index contributed by atoms with van der Waals surface area (Å²) >= 11 is 0. The maximum Gasteiger partial charge on any atom is 0.248 e. The molecular formula is C80H135N18O16+. The molecule has 0 aromatic rings. The first kappa shape index (κ1) is 93.8. The van der Waals surface area contributed by atoms with Crippen molar-refractivity contribution < 1.29 is 81.3 Å². The average Bonchev–Trinajstić information content (AvgIpc) is 1.55. The van der Waals surface area contributed by atoms with Crippen LogP contribution in [0.1, 0.15) is 247 Å². The van der Waals surface area contributed by atoms with Crippen LogP contribution in [0.2, 0.25) is 0 Å². The minimum atomic E-state index is -1.66. The number of carbonyl (C=O) groups is 16. The highest BCUT2D eigenvalue weighted by atomic mass is 16.2. The Bertz CT molecular complexity index is 3620. The lowest BCUT2D eigenvalue weighted by Crippen LogP contribution is -2.67. The van der Waals surface area contributed by atoms with Gasteiger partial charge in [0.05, 0.1) is 45.2 Å². The molecule has 5 heterocycles. The Morgan fingerprint density at radius 2 is 0.877 bits per heavy atom. The molecule has 6 aliphatic rings. The maximum atomic E-state index is 14.4. The lowest BCUT2D eigenvalue weighted by atomic mass is 9.93. The number of likely N-dealkylation sites (tertiary alicyclic amines) is 3. The van der Waals surface area contributed by atoms with E-state index < -0.39 is 165 Å². The van der Waals surface area contributed by atoms with Gasteiger partial charge in [-0.25, -0.2) is 0 Å². The van der Waals surface area contributed by atoms with Crippen molar-refractivity contribution in [3.63, 3.8) is 0 Å². The van der Waals surface area contributed by atoms with Crippen LogP contribution >= 0.6 is 0 Å². The summed E-state index contributed by atoms with van der Waals surface area (Å²) in [6, 6.07) is -5.17. The zero-order valence-corrected chi connectivity index (χ0v) is 71.3. The molecule has 4 fully saturated rings. The molecule has 13 N–H and O–H groups in total. The molecule has 0 spiro atoms. The number of nitrogens with zero attached hydrogens (tertiary/aromatic N) is 5. The van der Waals surface area contributed by atoms with Gasteiger partial charge in [0.2, 0.25) is 100 Å². The molecular weight excluding hydrogens is 1470 g/mol. The lowest BCUT2D eigenvalue weighted by Gasteiger charge is -2.42. The Balaban J connectivity index is 0.928. The van der Waals surface area contributed by atoms with E-state index in [-0.39, 0.29) is 94.3 Å². The minimum Gasteiger partial charge on any atom is -0.354 e. The minimum absolute atomic E-state index is 0.0571. The Morgan fingerprint density at radius 1 is 0.430 bits per heavy atom. The molecule has 5 aliphatic heterocycles. The zero-order chi connectivity index (χ0) is 85.4. The summed E-state index contributed by atoms with van der Waals surface area (Å²) in [6.45, 7) is 34.0. The normalized spacial score (nSPS) is 19.5. The summed E-state index contributed by atoms with van der Waals surface area (Å²) in [5, 5.41) is 35.6. The van der Waals surface area contributed by atoms with Crippen LogP contribution in [-0.2, 0) is 76.7 Å². The van der Waals surface area contributed by atoms with Crippen LogP contribution in [0, 0.1) is 17.8 Å². The predicted molar refractivity (Wildman–Crippen MR) is 425 cm³/mol. The molecule has 0 unspecified atom stereocenters. The number of carbonyl (C=O) groups excluding carboxylic acids is 16. The van der Waals surface area contributed by atoms with Crippen molar-refractivity contribution in [1.82, 2.24) is 88.7 Å². The molecule has 1 saturated carbocycles. The molecule has 6 atom stereocenters. The third kappa shape index (κ3) is 26.3. The molecule has 34 nitrogen and oxygen atoms in total. The number of hydrogen-bond acceptors (Lipinski definition) is 17. The maximum absolute atomic E-state index is 14.4. The first-order chi connectivity index (χ1) is 52.9. The molecule has 3 saturated heterocycles. The first-order valence-electron chi connectivity index (χ1n) is 41.2. The van der Waals surface area contributed by atoms with Gasteiger partial charge in [-0.3, -0.25) is 86.2 Å². The molecule has 1 aliphatic carbocycles. The molecule has 0 bridgehead atoms. The van der Waals surface area contributed by atoms with Gasteiger partial charge in [-0.2, -0.15) is 0 Å². The van der Waals surface area contributed by atoms with E-state index in [2.05, 4.69) is 92.4 Å². The van der Waals surface area contributed by atoms with Crippen LogP contribution in [0.3, 0.4) is 0 Å². The number of piperidine rings is 3. The van der Waals surface area contributed by atoms with E-state index in [4.69, 9.17) is 0 Å². The fourth-order valence-electron chi connectivity index (χ4n) is 15.3. The van der Waals surface area contributed by atoms with E-state index in [1.165, 1.54) is 82.8 Å². The molecule has 0 radical (unpaired) electrons. The highest BCUT2D eigenvalue weighted by Crippen LogP contribution is 2.37. The average molecular weight is 1610 g/mol. The quantitative estimate of drug-likeness (QED) is 0.0375. The van der Waals surface area contributed by atoms with Crippen LogP contribution in [0.15, 0.2) is 0 Å². The first-order valence-corrected chi connectivity index (χ1v) is 41.2. The predicted octanol–water partition coefficient (Wildman–Crippen LogP) is 0.409. The van der Waals surface area contributed by atoms with Crippen molar-refractivity contribution in [2.75, 3.05) is 65.4 Å². The molecule has 640 valence electrons. The highest BCUT2D eigenvalue weighted by Gasteiger charge is 2.54. The van der Waals surface area contributed by atoms with Gasteiger partial charge in [0, 0.05) is 45.9 Å². The van der Waals surface area contributed by atoms with E-state index in [9.17, 15) is 76.7 Å². The van der Waals surface area contributed by atoms with E-state index in [1.54, 1.807) is 27.7 Å². The van der Waals surface area contributed by atoms with Crippen LogP contribution in [0.25, 0.3) is 0 Å². The third-order valence-corrected chi connectivity index (χ3v) is 22.0. The van der Waals surface area contributed by atoms with Crippen molar-refractivity contribution in [2.24, 2.45) is 17.8 Å². The molecule has 0 aromatic heterocycles. The fourth-order valence-corrected chi connectivity index (χ4v) is 15.3. The van der Waals surface area contributed by atoms with Gasteiger partial charge in [-0.15, -0.1) is 0 Å². The van der Waals surface area contributed by atoms with Gasteiger partial charge in [-0.05, 0) is 197 Å². The molecule has 114 heavy (non-hydrogen) atoms. The number of nitrogens with one attached hydrogen (secondary N) is 13. The van der Waals surface area contributed by atoms with Crippen LogP contribution < -0.4 is 69.1 Å². The largest absolute Gasteiger partial charge is 0.354 e. The van der Waals surface area contributed by atoms with Crippen molar-refractivity contribution in [3.8, 4) is 0 Å². The highest BCUT2D eigenvalue weighted by molar-refractivity contribution is 6.03. The smallest absolute Gasteiger partial charge is 0.248 e. The SMILES string of the molecule is CC(=O)N1CCCC[C@H]1C(=O)NC(C)(C)C(=O)N1CCCC[C@H]1C(=O)NC(C)(C)C(=O)NC(C)(C)C(=O)N[C@@H](CC(C)C)C(=O)NCCC(=O)NCC(=O)NC1(C(=O)NC(C)(C)C(=O)N2CCCC[C@H]2C(=O)NC(C)(C)C(=O)NCC(=O)N[C@@H](CC(C)C)C(=O)NC(C)(C)C(=O)N[C@@H](CC(C)C)CN2CCC[N+]3=C2CCC3)CC1. The second kappa shape index (κ2) is 39.6. The van der Waals surface area contributed by atoms with Gasteiger partial charge in [0.1, 0.15) is 75.5 Å². The topological polar surface area (TPSA) is 445 Å². The van der Waals surface area contributed by atoms with Crippen molar-refractivity contribution in [3.05, 3.63) is 0 Å². The lowest BCUT2D eigenvalue weighted by molar-refractivity contribution is -0.530. The number of rotatable bonds is 37. The van der Waals surface area contributed by atoms with Crippen LogP contribution in [-0.4, -0.2) is 265 Å².